The highest BCUT2D eigenvalue weighted by atomic mass is 32.2. The van der Waals surface area contributed by atoms with Gasteiger partial charge in [-0.2, -0.15) is 0 Å². The molecule has 0 amide bonds. The lowest BCUT2D eigenvalue weighted by Crippen LogP contribution is -2.16. The van der Waals surface area contributed by atoms with E-state index in [9.17, 15) is 23.3 Å². The number of anilines is 1. The zero-order valence-corrected chi connectivity index (χ0v) is 13.4. The number of benzene rings is 2. The summed E-state index contributed by atoms with van der Waals surface area (Å²) in [5.74, 6) is -0.671. The molecule has 0 saturated heterocycles. The molecule has 0 heterocycles. The third-order valence-electron chi connectivity index (χ3n) is 3.01. The highest BCUT2D eigenvalue weighted by Crippen LogP contribution is 2.23. The van der Waals surface area contributed by atoms with Gasteiger partial charge >= 0.3 is 5.97 Å². The Bertz CT molecular complexity index is 879. The topological polar surface area (TPSA) is 116 Å². The van der Waals surface area contributed by atoms with Crippen molar-refractivity contribution < 1.29 is 22.9 Å². The fraction of sp³-hybridized carbons (Fsp3) is 0.133. The van der Waals surface area contributed by atoms with Crippen LogP contribution in [0.2, 0.25) is 0 Å². The lowest BCUT2D eigenvalue weighted by molar-refractivity contribution is -0.385. The molecule has 0 spiro atoms. The van der Waals surface area contributed by atoms with Gasteiger partial charge < -0.3 is 4.74 Å². The van der Waals surface area contributed by atoms with Crippen LogP contribution in [0.5, 0.6) is 0 Å². The van der Waals surface area contributed by atoms with Crippen LogP contribution in [-0.4, -0.2) is 25.9 Å². The van der Waals surface area contributed by atoms with Crippen molar-refractivity contribution in [1.29, 1.82) is 0 Å². The van der Waals surface area contributed by atoms with Crippen LogP contribution in [0.3, 0.4) is 0 Å². The number of nitrogens with one attached hydrogen (secondary N) is 1. The second-order valence-electron chi connectivity index (χ2n) is 4.63. The molecule has 1 N–H and O–H groups in total. The van der Waals surface area contributed by atoms with Crippen molar-refractivity contribution in [3.05, 3.63) is 64.2 Å². The molecule has 24 heavy (non-hydrogen) atoms. The standard InChI is InChI=1S/C15H14N2O6S/c1-2-23-15(18)13-8-3-4-9-14(13)16-24(21,22)12-7-5-6-11(10-12)17(19)20/h3-10,16H,2H2,1H3. The van der Waals surface area contributed by atoms with Crippen molar-refractivity contribution in [2.75, 3.05) is 11.3 Å². The minimum Gasteiger partial charge on any atom is -0.462 e. The summed E-state index contributed by atoms with van der Waals surface area (Å²) in [6, 6.07) is 10.6. The molecule has 2 aromatic carbocycles. The van der Waals surface area contributed by atoms with E-state index >= 15 is 0 Å². The predicted molar refractivity (Wildman–Crippen MR) is 86.3 cm³/mol. The number of rotatable bonds is 6. The molecule has 0 saturated carbocycles. The number of nitro groups is 1. The van der Waals surface area contributed by atoms with Crippen LogP contribution in [-0.2, 0) is 14.8 Å². The molecule has 0 atom stereocenters. The average molecular weight is 350 g/mol. The van der Waals surface area contributed by atoms with Gasteiger partial charge in [0, 0.05) is 12.1 Å². The van der Waals surface area contributed by atoms with Crippen molar-refractivity contribution in [3.8, 4) is 0 Å². The Balaban J connectivity index is 2.38. The van der Waals surface area contributed by atoms with Gasteiger partial charge in [-0.1, -0.05) is 18.2 Å². The van der Waals surface area contributed by atoms with Crippen molar-refractivity contribution in [2.24, 2.45) is 0 Å². The van der Waals surface area contributed by atoms with E-state index in [0.717, 1.165) is 6.07 Å². The molecule has 0 radical (unpaired) electrons. The number of carbonyl (C=O) groups excluding carboxylic acids is 1. The Morgan fingerprint density at radius 1 is 1.21 bits per heavy atom. The highest BCUT2D eigenvalue weighted by Gasteiger charge is 2.21. The number of sulfonamides is 1. The summed E-state index contributed by atoms with van der Waals surface area (Å²) in [4.78, 5) is 21.7. The first-order valence-electron chi connectivity index (χ1n) is 6.88. The summed E-state index contributed by atoms with van der Waals surface area (Å²) < 4.78 is 32.0. The van der Waals surface area contributed by atoms with Gasteiger partial charge in [0.2, 0.25) is 0 Å². The molecule has 0 aliphatic carbocycles. The lowest BCUT2D eigenvalue weighted by atomic mass is 10.2. The van der Waals surface area contributed by atoms with Crippen molar-refractivity contribution in [1.82, 2.24) is 0 Å². The first-order valence-corrected chi connectivity index (χ1v) is 8.37. The molecule has 2 rings (SSSR count). The van der Waals surface area contributed by atoms with Crippen LogP contribution in [0.4, 0.5) is 11.4 Å². The maximum absolute atomic E-state index is 12.4. The maximum atomic E-state index is 12.4. The maximum Gasteiger partial charge on any atom is 0.340 e. The zero-order valence-electron chi connectivity index (χ0n) is 12.6. The van der Waals surface area contributed by atoms with Gasteiger partial charge in [0.1, 0.15) is 0 Å². The quantitative estimate of drug-likeness (QED) is 0.486. The minimum absolute atomic E-state index is 0.0301. The van der Waals surface area contributed by atoms with Gasteiger partial charge in [0.05, 0.1) is 27.7 Å². The number of nitro benzene ring substituents is 1. The van der Waals surface area contributed by atoms with Gasteiger partial charge in [-0.05, 0) is 25.1 Å². The molecular weight excluding hydrogens is 336 g/mol. The monoisotopic (exact) mass is 350 g/mol. The van der Waals surface area contributed by atoms with Crippen LogP contribution in [0, 0.1) is 10.1 Å². The molecule has 0 aliphatic heterocycles. The number of ether oxygens (including phenoxy) is 1. The largest absolute Gasteiger partial charge is 0.462 e. The van der Waals surface area contributed by atoms with E-state index in [1.807, 2.05) is 0 Å². The molecule has 0 bridgehead atoms. The molecule has 9 heteroatoms. The molecule has 126 valence electrons. The van der Waals surface area contributed by atoms with E-state index in [2.05, 4.69) is 4.72 Å². The van der Waals surface area contributed by atoms with E-state index in [1.165, 1.54) is 30.3 Å². The summed E-state index contributed by atoms with van der Waals surface area (Å²) in [6.07, 6.45) is 0. The Hall–Kier alpha value is -2.94. The second kappa shape index (κ2) is 7.09. The van der Waals surface area contributed by atoms with Gasteiger partial charge in [0.25, 0.3) is 15.7 Å². The van der Waals surface area contributed by atoms with Crippen molar-refractivity contribution in [3.63, 3.8) is 0 Å². The number of esters is 1. The molecule has 0 aliphatic rings. The van der Waals surface area contributed by atoms with Crippen LogP contribution in [0.25, 0.3) is 0 Å². The molecule has 0 unspecified atom stereocenters. The predicted octanol–water partition coefficient (Wildman–Crippen LogP) is 2.57. The van der Waals surface area contributed by atoms with Gasteiger partial charge in [-0.25, -0.2) is 13.2 Å². The second-order valence-corrected chi connectivity index (χ2v) is 6.31. The Morgan fingerprint density at radius 2 is 1.92 bits per heavy atom. The van der Waals surface area contributed by atoms with Crippen molar-refractivity contribution >= 4 is 27.4 Å². The van der Waals surface area contributed by atoms with Crippen LogP contribution < -0.4 is 4.72 Å². The first kappa shape index (κ1) is 17.4. The number of hydrogen-bond acceptors (Lipinski definition) is 6. The third kappa shape index (κ3) is 3.87. The number of non-ortho nitro benzene ring substituents is 1. The Kier molecular flexibility index (Phi) is 5.14. The fourth-order valence-corrected chi connectivity index (χ4v) is 3.05. The van der Waals surface area contributed by atoms with E-state index < -0.39 is 20.9 Å². The molecule has 2 aromatic rings. The molecule has 0 aromatic heterocycles. The lowest BCUT2D eigenvalue weighted by Gasteiger charge is -2.11. The third-order valence-corrected chi connectivity index (χ3v) is 4.37. The SMILES string of the molecule is CCOC(=O)c1ccccc1NS(=O)(=O)c1cccc([N+](=O)[O-])c1. The van der Waals surface area contributed by atoms with Crippen molar-refractivity contribution in [2.45, 2.75) is 11.8 Å². The average Bonchev–Trinajstić information content (AvgIpc) is 2.55. The smallest absolute Gasteiger partial charge is 0.340 e. The summed E-state index contributed by atoms with van der Waals surface area (Å²) in [7, 11) is -4.10. The number of carbonyl (C=O) groups is 1. The van der Waals surface area contributed by atoms with Gasteiger partial charge in [-0.3, -0.25) is 14.8 Å². The Morgan fingerprint density at radius 3 is 2.58 bits per heavy atom. The van der Waals surface area contributed by atoms with Gasteiger partial charge in [0.15, 0.2) is 0 Å². The highest BCUT2D eigenvalue weighted by molar-refractivity contribution is 7.92. The van der Waals surface area contributed by atoms with Crippen LogP contribution in [0.1, 0.15) is 17.3 Å². The van der Waals surface area contributed by atoms with Crippen LogP contribution in [0.15, 0.2) is 53.4 Å². The zero-order chi connectivity index (χ0) is 17.7. The molecule has 0 fully saturated rings. The van der Waals surface area contributed by atoms with E-state index in [-0.39, 0.29) is 28.4 Å². The Labute approximate surface area is 138 Å². The minimum atomic E-state index is -4.10. The summed E-state index contributed by atoms with van der Waals surface area (Å²) in [6.45, 7) is 1.78. The van der Waals surface area contributed by atoms with Crippen LogP contribution >= 0.6 is 0 Å². The molecule has 8 nitrogen and oxygen atoms in total. The van der Waals surface area contributed by atoms with E-state index in [1.54, 1.807) is 19.1 Å². The summed E-state index contributed by atoms with van der Waals surface area (Å²) in [5, 5.41) is 10.8. The van der Waals surface area contributed by atoms with E-state index in [4.69, 9.17) is 4.74 Å². The number of hydrogen-bond donors (Lipinski definition) is 1. The summed E-state index contributed by atoms with van der Waals surface area (Å²) in [5.41, 5.74) is -0.271. The number of nitrogens with zero attached hydrogens (tertiary/aromatic N) is 1. The summed E-state index contributed by atoms with van der Waals surface area (Å²) >= 11 is 0. The van der Waals surface area contributed by atoms with E-state index in [0.29, 0.717) is 0 Å². The number of para-hydroxylation sites is 1. The normalized spacial score (nSPS) is 10.9. The molecular formula is C15H14N2O6S. The first-order chi connectivity index (χ1) is 11.3. The fourth-order valence-electron chi connectivity index (χ4n) is 1.93. The van der Waals surface area contributed by atoms with Gasteiger partial charge in [-0.15, -0.1) is 0 Å².